The molecule has 1 fully saturated rings. The number of halogens is 2. The van der Waals surface area contributed by atoms with Gasteiger partial charge in [0.15, 0.2) is 11.5 Å². The van der Waals surface area contributed by atoms with Crippen LogP contribution in [0.25, 0.3) is 6.08 Å². The molecule has 1 aliphatic heterocycles. The average molecular weight is 537 g/mol. The second-order valence-electron chi connectivity index (χ2n) is 8.03. The Morgan fingerprint density at radius 1 is 1.00 bits per heavy atom. The van der Waals surface area contributed by atoms with Gasteiger partial charge in [-0.05, 0) is 54.0 Å². The smallest absolute Gasteiger partial charge is 0.335 e. The fourth-order valence-electron chi connectivity index (χ4n) is 3.80. The molecule has 0 radical (unpaired) electrons. The van der Waals surface area contributed by atoms with Crippen LogP contribution in [0.2, 0.25) is 10.0 Å². The average Bonchev–Trinajstić information content (AvgIpc) is 2.88. The number of carbonyl (C=O) groups excluding carboxylic acids is 3. The second-order valence-corrected chi connectivity index (χ2v) is 8.85. The lowest BCUT2D eigenvalue weighted by Crippen LogP contribution is -2.54. The first-order valence-electron chi connectivity index (χ1n) is 11.2. The quantitative estimate of drug-likeness (QED) is 0.217. The van der Waals surface area contributed by atoms with E-state index in [9.17, 15) is 14.4 Å². The Labute approximate surface area is 223 Å². The maximum absolute atomic E-state index is 13.3. The van der Waals surface area contributed by atoms with Crippen molar-refractivity contribution in [2.24, 2.45) is 0 Å². The minimum Gasteiger partial charge on any atom is -0.493 e. The number of carbonyl (C=O) groups is 3. The maximum atomic E-state index is 13.3. The molecule has 37 heavy (non-hydrogen) atoms. The maximum Gasteiger partial charge on any atom is 0.335 e. The molecule has 0 atom stereocenters. The SMILES string of the molecule is C=CCc1cc(/C=C2\C(=O)NC(=O)N(c3ccc(Cl)c(Cl)c3)C2=O)cc(OC)c1OCc1ccccc1. The number of barbiturate groups is 1. The van der Waals surface area contributed by atoms with Crippen LogP contribution < -0.4 is 19.7 Å². The zero-order chi connectivity index (χ0) is 26.5. The monoisotopic (exact) mass is 536 g/mol. The van der Waals surface area contributed by atoms with Crippen molar-refractivity contribution >= 4 is 52.8 Å². The van der Waals surface area contributed by atoms with E-state index in [1.807, 2.05) is 30.3 Å². The van der Waals surface area contributed by atoms with Gasteiger partial charge in [-0.3, -0.25) is 14.9 Å². The Bertz CT molecular complexity index is 1420. The minimum atomic E-state index is -0.889. The van der Waals surface area contributed by atoms with Crippen LogP contribution in [0.1, 0.15) is 16.7 Å². The molecule has 4 amide bonds. The van der Waals surface area contributed by atoms with Crippen LogP contribution in [0.15, 0.2) is 78.9 Å². The van der Waals surface area contributed by atoms with Gasteiger partial charge in [0, 0.05) is 5.56 Å². The van der Waals surface area contributed by atoms with E-state index in [-0.39, 0.29) is 21.3 Å². The molecule has 188 valence electrons. The van der Waals surface area contributed by atoms with Crippen molar-refractivity contribution in [2.45, 2.75) is 13.0 Å². The molecule has 1 N–H and O–H groups in total. The number of ether oxygens (including phenoxy) is 2. The predicted octanol–water partition coefficient (Wildman–Crippen LogP) is 5.98. The van der Waals surface area contributed by atoms with E-state index in [2.05, 4.69) is 11.9 Å². The van der Waals surface area contributed by atoms with Crippen LogP contribution in [0.4, 0.5) is 10.5 Å². The van der Waals surface area contributed by atoms with Gasteiger partial charge in [0.05, 0.1) is 22.8 Å². The summed E-state index contributed by atoms with van der Waals surface area (Å²) in [4.78, 5) is 39.2. The predicted molar refractivity (Wildman–Crippen MR) is 143 cm³/mol. The number of benzene rings is 3. The summed E-state index contributed by atoms with van der Waals surface area (Å²) in [5.41, 5.74) is 2.16. The van der Waals surface area contributed by atoms with Crippen LogP contribution >= 0.6 is 23.2 Å². The molecular weight excluding hydrogens is 515 g/mol. The molecule has 0 unspecified atom stereocenters. The summed E-state index contributed by atoms with van der Waals surface area (Å²) in [7, 11) is 1.50. The van der Waals surface area contributed by atoms with Gasteiger partial charge in [0.2, 0.25) is 0 Å². The van der Waals surface area contributed by atoms with Crippen molar-refractivity contribution in [2.75, 3.05) is 12.0 Å². The third-order valence-electron chi connectivity index (χ3n) is 5.54. The molecule has 1 aliphatic rings. The van der Waals surface area contributed by atoms with Gasteiger partial charge in [-0.25, -0.2) is 9.69 Å². The van der Waals surface area contributed by atoms with Gasteiger partial charge in [0.1, 0.15) is 12.2 Å². The van der Waals surface area contributed by atoms with Crippen LogP contribution in [0.5, 0.6) is 11.5 Å². The van der Waals surface area contributed by atoms with Crippen molar-refractivity contribution in [1.29, 1.82) is 0 Å². The zero-order valence-electron chi connectivity index (χ0n) is 19.8. The molecule has 1 heterocycles. The van der Waals surface area contributed by atoms with Crippen molar-refractivity contribution in [3.8, 4) is 11.5 Å². The van der Waals surface area contributed by atoms with Crippen LogP contribution in [-0.4, -0.2) is 25.0 Å². The van der Waals surface area contributed by atoms with Gasteiger partial charge >= 0.3 is 6.03 Å². The second kappa shape index (κ2) is 11.3. The van der Waals surface area contributed by atoms with E-state index in [0.29, 0.717) is 30.1 Å². The number of amides is 4. The molecular formula is C28H22Cl2N2O5. The highest BCUT2D eigenvalue weighted by Crippen LogP contribution is 2.36. The first kappa shape index (κ1) is 26.0. The highest BCUT2D eigenvalue weighted by Gasteiger charge is 2.37. The number of methoxy groups -OCH3 is 1. The van der Waals surface area contributed by atoms with E-state index in [0.717, 1.165) is 16.0 Å². The van der Waals surface area contributed by atoms with Crippen molar-refractivity contribution in [3.05, 3.63) is 106 Å². The number of rotatable bonds is 8. The van der Waals surface area contributed by atoms with E-state index in [4.69, 9.17) is 32.7 Å². The lowest BCUT2D eigenvalue weighted by Gasteiger charge is -2.26. The van der Waals surface area contributed by atoms with Crippen molar-refractivity contribution in [1.82, 2.24) is 5.32 Å². The summed E-state index contributed by atoms with van der Waals surface area (Å²) in [6, 6.07) is 16.5. The summed E-state index contributed by atoms with van der Waals surface area (Å²) in [6.07, 6.45) is 3.56. The fourth-order valence-corrected chi connectivity index (χ4v) is 4.09. The Kier molecular flexibility index (Phi) is 7.96. The number of imide groups is 2. The highest BCUT2D eigenvalue weighted by atomic mass is 35.5. The number of hydrogen-bond donors (Lipinski definition) is 1. The number of hydrogen-bond acceptors (Lipinski definition) is 5. The van der Waals surface area contributed by atoms with E-state index in [1.54, 1.807) is 18.2 Å². The summed E-state index contributed by atoms with van der Waals surface area (Å²) in [5.74, 6) is -0.676. The lowest BCUT2D eigenvalue weighted by atomic mass is 10.0. The molecule has 3 aromatic rings. The van der Waals surface area contributed by atoms with E-state index >= 15 is 0 Å². The third kappa shape index (κ3) is 5.69. The molecule has 0 aliphatic carbocycles. The highest BCUT2D eigenvalue weighted by molar-refractivity contribution is 6.43. The normalized spacial score (nSPS) is 14.5. The van der Waals surface area contributed by atoms with Crippen LogP contribution in [-0.2, 0) is 22.6 Å². The van der Waals surface area contributed by atoms with Crippen LogP contribution in [0.3, 0.4) is 0 Å². The standard InChI is InChI=1S/C28H22Cl2N2O5/c1-3-7-19-12-18(14-24(36-2)25(19)37-16-17-8-5-4-6-9-17)13-21-26(33)31-28(35)32(27(21)34)20-10-11-22(29)23(30)15-20/h3-6,8-15H,1,7,16H2,2H3,(H,31,33,35)/b21-13+. The molecule has 0 bridgehead atoms. The van der Waals surface area contributed by atoms with Crippen molar-refractivity contribution in [3.63, 3.8) is 0 Å². The minimum absolute atomic E-state index is 0.159. The Morgan fingerprint density at radius 3 is 2.43 bits per heavy atom. The lowest BCUT2D eigenvalue weighted by molar-refractivity contribution is -0.122. The first-order chi connectivity index (χ1) is 17.8. The summed E-state index contributed by atoms with van der Waals surface area (Å²) in [6.45, 7) is 4.13. The first-order valence-corrected chi connectivity index (χ1v) is 11.9. The Hall–Kier alpha value is -4.07. The Balaban J connectivity index is 1.71. The third-order valence-corrected chi connectivity index (χ3v) is 6.28. The van der Waals surface area contributed by atoms with Crippen LogP contribution in [0, 0.1) is 0 Å². The summed E-state index contributed by atoms with van der Waals surface area (Å²) in [5, 5.41) is 2.61. The van der Waals surface area contributed by atoms with Gasteiger partial charge in [-0.15, -0.1) is 6.58 Å². The van der Waals surface area contributed by atoms with Gasteiger partial charge < -0.3 is 9.47 Å². The zero-order valence-corrected chi connectivity index (χ0v) is 21.3. The topological polar surface area (TPSA) is 84.9 Å². The van der Waals surface area contributed by atoms with Crippen molar-refractivity contribution < 1.29 is 23.9 Å². The largest absolute Gasteiger partial charge is 0.493 e. The van der Waals surface area contributed by atoms with Gasteiger partial charge in [0.25, 0.3) is 11.8 Å². The molecule has 0 spiro atoms. The summed E-state index contributed by atoms with van der Waals surface area (Å²) >= 11 is 12.0. The molecule has 1 saturated heterocycles. The van der Waals surface area contributed by atoms with E-state index in [1.165, 1.54) is 31.4 Å². The molecule has 4 rings (SSSR count). The fraction of sp³-hybridized carbons (Fsp3) is 0.107. The number of allylic oxidation sites excluding steroid dienone is 1. The summed E-state index contributed by atoms with van der Waals surface area (Å²) < 4.78 is 11.6. The molecule has 9 heteroatoms. The molecule has 7 nitrogen and oxygen atoms in total. The number of nitrogens with one attached hydrogen (secondary N) is 1. The molecule has 0 saturated carbocycles. The molecule has 0 aromatic heterocycles. The van der Waals surface area contributed by atoms with Gasteiger partial charge in [-0.1, -0.05) is 59.6 Å². The molecule has 3 aromatic carbocycles. The number of urea groups is 1. The van der Waals surface area contributed by atoms with Gasteiger partial charge in [-0.2, -0.15) is 0 Å². The number of nitrogens with zero attached hydrogens (tertiary/aromatic N) is 1. The van der Waals surface area contributed by atoms with E-state index < -0.39 is 17.8 Å². The Morgan fingerprint density at radius 2 is 1.76 bits per heavy atom. The number of anilines is 1.